The van der Waals surface area contributed by atoms with E-state index in [1.54, 1.807) is 0 Å². The number of anilines is 3. The monoisotopic (exact) mass is 833 g/mol. The molecule has 0 atom stereocenters. The third kappa shape index (κ3) is 6.01. The molecule has 0 fully saturated rings. The summed E-state index contributed by atoms with van der Waals surface area (Å²) in [6.07, 6.45) is 0. The lowest BCUT2D eigenvalue weighted by atomic mass is 9.95. The Labute approximate surface area is 411 Å². The summed E-state index contributed by atoms with van der Waals surface area (Å²) in [6, 6.07) is -43.2. The van der Waals surface area contributed by atoms with E-state index in [4.69, 9.17) is 24.7 Å². The molecule has 0 aliphatic carbocycles. The normalized spacial score (nSPS) is 20.3. The number of aromatic nitrogens is 1. The first-order valence-electron chi connectivity index (χ1n) is 36.7. The summed E-state index contributed by atoms with van der Waals surface area (Å²) in [5, 5.41) is -4.68. The summed E-state index contributed by atoms with van der Waals surface area (Å²) < 4.78 is 353. The van der Waals surface area contributed by atoms with Gasteiger partial charge in [0.1, 0.15) is 0 Å². The maximum atomic E-state index is 10.4. The standard InChI is InChI=1S/C58H38N2S/c1-4-16-39(17-5-1)45-36-51(41-19-6-2-7-20-41)57-53(37-45)50-27-15-28-54(58(50)60(57)46-23-8-3-9-24-46)59(48-32-33-56-52(38-48)49-26-12-13-29-55(49)61-56)47-25-14-22-43(35-47)44-31-30-40-18-10-11-21-42(40)34-44/h1-38H/i1D,2D,3D,4D,5D,6D,7D,8D,9D,10D,11D,12D,13D,14D,15D,16D,17D,18D,19D,20D,21D,22D,23D,24D,25D,26D,27D,28D,29D,30D,31D,32D,33D,34D,35D,36D,37D,38D. The van der Waals surface area contributed by atoms with Gasteiger partial charge in [-0.3, -0.25) is 0 Å². The van der Waals surface area contributed by atoms with Crippen LogP contribution in [0.4, 0.5) is 17.1 Å². The quantitative estimate of drug-likeness (QED) is 0.155. The number of benzene rings is 10. The molecule has 0 radical (unpaired) electrons. The van der Waals surface area contributed by atoms with Gasteiger partial charge in [-0.1, -0.05) is 157 Å². The highest BCUT2D eigenvalue weighted by atomic mass is 32.1. The summed E-state index contributed by atoms with van der Waals surface area (Å²) in [7, 11) is 0. The Bertz CT molecular complexity index is 5770. The van der Waals surface area contributed by atoms with Gasteiger partial charge in [0.15, 0.2) is 0 Å². The molecule has 61 heavy (non-hydrogen) atoms. The van der Waals surface area contributed by atoms with Crippen molar-refractivity contribution in [2.45, 2.75) is 0 Å². The molecule has 2 aromatic heterocycles. The second-order valence-electron chi connectivity index (χ2n) is 12.8. The molecule has 0 amide bonds. The van der Waals surface area contributed by atoms with Crippen LogP contribution in [0.25, 0.3) is 91.8 Å². The van der Waals surface area contributed by atoms with Gasteiger partial charge in [-0.25, -0.2) is 0 Å². The molecular formula is C58H38N2S. The number of fused-ring (bicyclic) bond motifs is 7. The molecule has 3 heteroatoms. The fourth-order valence-electron chi connectivity index (χ4n) is 6.84. The van der Waals surface area contributed by atoms with Crippen LogP contribution < -0.4 is 4.90 Å². The number of thiophene rings is 1. The molecule has 0 saturated carbocycles. The SMILES string of the molecule is [2H]c1c([2H])c([2H])c(-c2c([2H])c(-c3c([2H])c([2H])c([2H])c([2H])c3[2H])c3c(c2[2H])c2c([2H])c([2H])c([2H])c(N(c4c([2H])c([2H])c([2H])c(-c5c([2H])c([2H])c6c([2H])c([2H])c([2H])c([2H])c6c5[2H])c4[2H])c4c([2H])c([2H])c5sc6c([2H])c([2H])c([2H])c([2H])c6c5c4[2H])c2n3-c2c([2H])c([2H])c([2H])c([2H])c2[2H])c([2H])c1[2H]. The van der Waals surface area contributed by atoms with E-state index >= 15 is 0 Å². The average molecular weight is 833 g/mol. The van der Waals surface area contributed by atoms with Crippen molar-refractivity contribution in [2.75, 3.05) is 4.90 Å². The van der Waals surface area contributed by atoms with Crippen molar-refractivity contribution in [3.05, 3.63) is 230 Å². The van der Waals surface area contributed by atoms with Gasteiger partial charge in [0, 0.05) is 53.6 Å². The first kappa shape index (κ1) is 13.9. The molecule has 0 aliphatic heterocycles. The van der Waals surface area contributed by atoms with E-state index in [1.807, 2.05) is 0 Å². The van der Waals surface area contributed by atoms with E-state index in [9.17, 15) is 27.4 Å². The molecule has 2 nitrogen and oxygen atoms in total. The van der Waals surface area contributed by atoms with Crippen molar-refractivity contribution in [3.63, 3.8) is 0 Å². The van der Waals surface area contributed by atoms with Crippen LogP contribution in [-0.2, 0) is 0 Å². The lowest BCUT2D eigenvalue weighted by Crippen LogP contribution is -2.12. The van der Waals surface area contributed by atoms with Gasteiger partial charge in [0.2, 0.25) is 0 Å². The summed E-state index contributed by atoms with van der Waals surface area (Å²) in [5.74, 6) is 0. The summed E-state index contributed by atoms with van der Waals surface area (Å²) in [6.45, 7) is 0. The summed E-state index contributed by atoms with van der Waals surface area (Å²) in [5.41, 5.74) is -13.7. The van der Waals surface area contributed by atoms with Crippen molar-refractivity contribution in [1.82, 2.24) is 4.57 Å². The largest absolute Gasteiger partial charge is 0.308 e. The maximum absolute atomic E-state index is 10.4. The number of hydrogen-bond acceptors (Lipinski definition) is 2. The molecule has 286 valence electrons. The highest BCUT2D eigenvalue weighted by molar-refractivity contribution is 7.25. The third-order valence-corrected chi connectivity index (χ3v) is 10.4. The van der Waals surface area contributed by atoms with Crippen molar-refractivity contribution in [3.8, 4) is 39.1 Å². The lowest BCUT2D eigenvalue weighted by molar-refractivity contribution is 1.17. The number of nitrogens with zero attached hydrogens (tertiary/aromatic N) is 2. The van der Waals surface area contributed by atoms with Crippen molar-refractivity contribution < 1.29 is 52.1 Å². The minimum Gasteiger partial charge on any atom is -0.308 e. The highest BCUT2D eigenvalue weighted by Gasteiger charge is 2.25. The topological polar surface area (TPSA) is 8.17 Å². The van der Waals surface area contributed by atoms with Gasteiger partial charge in [-0.2, -0.15) is 0 Å². The van der Waals surface area contributed by atoms with Gasteiger partial charge in [-0.15, -0.1) is 11.3 Å². The van der Waals surface area contributed by atoms with Gasteiger partial charge < -0.3 is 9.47 Å². The van der Waals surface area contributed by atoms with E-state index in [0.29, 0.717) is 20.8 Å². The maximum Gasteiger partial charge on any atom is 0.0782 e. The van der Waals surface area contributed by atoms with Crippen molar-refractivity contribution in [1.29, 1.82) is 0 Å². The van der Waals surface area contributed by atoms with Crippen LogP contribution in [0.15, 0.2) is 230 Å². The molecule has 0 saturated heterocycles. The zero-order valence-electron chi connectivity index (χ0n) is 68.3. The average Bonchev–Trinajstić information content (AvgIpc) is 1.57. The molecule has 0 spiro atoms. The van der Waals surface area contributed by atoms with Gasteiger partial charge in [0.05, 0.1) is 68.8 Å². The number of rotatable bonds is 7. The van der Waals surface area contributed by atoms with Gasteiger partial charge in [-0.05, 0) is 111 Å². The molecule has 0 unspecified atom stereocenters. The van der Waals surface area contributed by atoms with Crippen molar-refractivity contribution >= 4 is 81.1 Å². The van der Waals surface area contributed by atoms with Crippen LogP contribution in [0, 0.1) is 0 Å². The van der Waals surface area contributed by atoms with E-state index in [1.165, 1.54) is 0 Å². The van der Waals surface area contributed by atoms with Crippen LogP contribution >= 0.6 is 11.3 Å². The Kier molecular flexibility index (Phi) is 3.32. The van der Waals surface area contributed by atoms with Crippen LogP contribution in [0.2, 0.25) is 0 Å². The predicted molar refractivity (Wildman–Crippen MR) is 262 cm³/mol. The molecule has 12 aromatic rings. The van der Waals surface area contributed by atoms with Gasteiger partial charge >= 0.3 is 0 Å². The summed E-state index contributed by atoms with van der Waals surface area (Å²) >= 11 is 0.488. The van der Waals surface area contributed by atoms with E-state index in [-0.39, 0.29) is 4.70 Å². The molecule has 0 bridgehead atoms. The zero-order valence-corrected chi connectivity index (χ0v) is 31.1. The molecule has 2 heterocycles. The molecule has 10 aromatic carbocycles. The smallest absolute Gasteiger partial charge is 0.0782 e. The Morgan fingerprint density at radius 2 is 1.00 bits per heavy atom. The fourth-order valence-corrected chi connectivity index (χ4v) is 7.76. The Morgan fingerprint density at radius 3 is 1.84 bits per heavy atom. The Balaban J connectivity index is 1.47. The van der Waals surface area contributed by atoms with Crippen LogP contribution in [0.5, 0.6) is 0 Å². The fraction of sp³-hybridized carbons (Fsp3) is 0. The highest BCUT2D eigenvalue weighted by Crippen LogP contribution is 2.48. The van der Waals surface area contributed by atoms with Crippen molar-refractivity contribution in [2.24, 2.45) is 0 Å². The first-order valence-corrected chi connectivity index (χ1v) is 18.6. The van der Waals surface area contributed by atoms with E-state index in [2.05, 4.69) is 0 Å². The van der Waals surface area contributed by atoms with E-state index < -0.39 is 334 Å². The minimum absolute atomic E-state index is 0.323. The zero-order chi connectivity index (χ0) is 73.3. The van der Waals surface area contributed by atoms with E-state index in [0.717, 1.165) is 0 Å². The van der Waals surface area contributed by atoms with Crippen LogP contribution in [0.1, 0.15) is 52.1 Å². The second kappa shape index (κ2) is 14.5. The number of hydrogen-bond donors (Lipinski definition) is 0. The second-order valence-corrected chi connectivity index (χ2v) is 13.8. The molecule has 12 rings (SSSR count). The first-order chi connectivity index (χ1) is 46.1. The van der Waals surface area contributed by atoms with Crippen LogP contribution in [-0.4, -0.2) is 4.57 Å². The molecule has 0 aliphatic rings. The molecule has 0 N–H and O–H groups in total. The predicted octanol–water partition coefficient (Wildman–Crippen LogP) is 16.8. The Hall–Kier alpha value is -7.72. The minimum atomic E-state index is -1.43. The van der Waals surface area contributed by atoms with Gasteiger partial charge in [0.25, 0.3) is 0 Å². The lowest BCUT2D eigenvalue weighted by Gasteiger charge is -2.28. The third-order valence-electron chi connectivity index (χ3n) is 9.37. The molecular weight excluding hydrogens is 757 g/mol. The summed E-state index contributed by atoms with van der Waals surface area (Å²) in [4.78, 5) is 0.323. The van der Waals surface area contributed by atoms with Crippen LogP contribution in [0.3, 0.4) is 0 Å². The number of para-hydroxylation sites is 2. The Morgan fingerprint density at radius 1 is 0.361 bits per heavy atom.